The molecule has 23 heavy (non-hydrogen) atoms. The number of benzene rings is 2. The first-order valence-corrected chi connectivity index (χ1v) is 7.06. The fourth-order valence-electron chi connectivity index (χ4n) is 2.11. The Kier molecular flexibility index (Phi) is 4.01. The van der Waals surface area contributed by atoms with Crippen molar-refractivity contribution in [2.45, 2.75) is 6.92 Å². The number of amides is 1. The molecule has 0 aliphatic rings. The normalized spacial score (nSPS) is 11.0. The van der Waals surface area contributed by atoms with Gasteiger partial charge in [-0.25, -0.2) is 5.43 Å². The molecule has 0 saturated heterocycles. The fraction of sp³-hybridized carbons (Fsp3) is 0.0556. The van der Waals surface area contributed by atoms with Gasteiger partial charge in [0.15, 0.2) is 0 Å². The monoisotopic (exact) mass is 306 g/mol. The van der Waals surface area contributed by atoms with Crippen molar-refractivity contribution in [3.63, 3.8) is 0 Å². The summed E-state index contributed by atoms with van der Waals surface area (Å²) in [5.41, 5.74) is 4.55. The maximum atomic E-state index is 12.2. The molecule has 5 nitrogen and oxygen atoms in total. The first kappa shape index (κ1) is 14.7. The molecule has 5 heteroatoms. The van der Waals surface area contributed by atoms with Crippen molar-refractivity contribution in [2.24, 2.45) is 5.10 Å². The second-order valence-corrected chi connectivity index (χ2v) is 5.08. The van der Waals surface area contributed by atoms with Crippen molar-refractivity contribution in [3.05, 3.63) is 81.7 Å². The van der Waals surface area contributed by atoms with E-state index in [9.17, 15) is 9.59 Å². The lowest BCUT2D eigenvalue weighted by atomic mass is 10.1. The number of nitrogens with one attached hydrogen (secondary N) is 1. The van der Waals surface area contributed by atoms with Crippen molar-refractivity contribution in [3.8, 4) is 0 Å². The number of carbonyl (C=O) groups is 1. The third-order valence-corrected chi connectivity index (χ3v) is 3.39. The summed E-state index contributed by atoms with van der Waals surface area (Å²) in [7, 11) is 0. The predicted octanol–water partition coefficient (Wildman–Crippen LogP) is 2.87. The molecule has 1 aromatic heterocycles. The highest BCUT2D eigenvalue weighted by Crippen LogP contribution is 2.09. The number of rotatable bonds is 3. The molecule has 0 radical (unpaired) electrons. The summed E-state index contributed by atoms with van der Waals surface area (Å²) in [5.74, 6) is -0.341. The van der Waals surface area contributed by atoms with Crippen LogP contribution < -0.4 is 10.9 Å². The molecule has 0 spiro atoms. The van der Waals surface area contributed by atoms with Gasteiger partial charge in [-0.1, -0.05) is 29.8 Å². The van der Waals surface area contributed by atoms with Crippen LogP contribution >= 0.6 is 0 Å². The zero-order chi connectivity index (χ0) is 16.2. The minimum atomic E-state index is -0.341. The van der Waals surface area contributed by atoms with Crippen LogP contribution in [0.3, 0.4) is 0 Å². The molecule has 0 aliphatic carbocycles. The standard InChI is InChI=1S/C18H14N2O3/c1-12-6-8-13(9-7-12)18(22)20-19-10-14-11-23-16-5-3-2-4-15(16)17(14)21/h2-11H,1H3,(H,20,22)/b19-10+. The number of carbonyl (C=O) groups excluding carboxylic acids is 1. The Morgan fingerprint density at radius 1 is 1.13 bits per heavy atom. The first-order chi connectivity index (χ1) is 11.1. The molecular formula is C18H14N2O3. The summed E-state index contributed by atoms with van der Waals surface area (Å²) >= 11 is 0. The Morgan fingerprint density at radius 3 is 2.65 bits per heavy atom. The maximum absolute atomic E-state index is 12.2. The zero-order valence-corrected chi connectivity index (χ0v) is 12.4. The minimum absolute atomic E-state index is 0.194. The molecule has 1 amide bonds. The Balaban J connectivity index is 1.78. The molecule has 2 aromatic carbocycles. The van der Waals surface area contributed by atoms with Gasteiger partial charge in [0.2, 0.25) is 5.43 Å². The predicted molar refractivity (Wildman–Crippen MR) is 88.7 cm³/mol. The molecule has 114 valence electrons. The van der Waals surface area contributed by atoms with Gasteiger partial charge in [0.25, 0.3) is 5.91 Å². The molecule has 0 saturated carbocycles. The SMILES string of the molecule is Cc1ccc(C(=O)N/N=C/c2coc3ccccc3c2=O)cc1. The van der Waals surface area contributed by atoms with Crippen LogP contribution in [0.5, 0.6) is 0 Å². The molecule has 0 unspecified atom stereocenters. The van der Waals surface area contributed by atoms with E-state index in [1.807, 2.05) is 19.1 Å². The molecule has 0 fully saturated rings. The number of aryl methyl sites for hydroxylation is 1. The average Bonchev–Trinajstić information content (AvgIpc) is 2.57. The lowest BCUT2D eigenvalue weighted by molar-refractivity contribution is 0.0955. The maximum Gasteiger partial charge on any atom is 0.271 e. The largest absolute Gasteiger partial charge is 0.463 e. The van der Waals surface area contributed by atoms with Crippen LogP contribution in [0.15, 0.2) is 69.1 Å². The number of para-hydroxylation sites is 1. The second kappa shape index (κ2) is 6.27. The van der Waals surface area contributed by atoms with Gasteiger partial charge in [0.05, 0.1) is 17.2 Å². The summed E-state index contributed by atoms with van der Waals surface area (Å²) in [4.78, 5) is 24.2. The van der Waals surface area contributed by atoms with E-state index in [-0.39, 0.29) is 16.9 Å². The van der Waals surface area contributed by atoms with E-state index in [1.54, 1.807) is 36.4 Å². The van der Waals surface area contributed by atoms with Crippen molar-refractivity contribution < 1.29 is 9.21 Å². The fourth-order valence-corrected chi connectivity index (χ4v) is 2.11. The highest BCUT2D eigenvalue weighted by molar-refractivity contribution is 5.95. The van der Waals surface area contributed by atoms with Crippen molar-refractivity contribution in [1.29, 1.82) is 0 Å². The van der Waals surface area contributed by atoms with Gasteiger partial charge in [-0.05, 0) is 31.2 Å². The topological polar surface area (TPSA) is 71.7 Å². The van der Waals surface area contributed by atoms with E-state index in [4.69, 9.17) is 4.42 Å². The molecule has 1 N–H and O–H groups in total. The molecule has 3 rings (SSSR count). The smallest absolute Gasteiger partial charge is 0.271 e. The summed E-state index contributed by atoms with van der Waals surface area (Å²) in [6.07, 6.45) is 2.61. The summed E-state index contributed by atoms with van der Waals surface area (Å²) in [5, 5.41) is 4.30. The highest BCUT2D eigenvalue weighted by Gasteiger charge is 2.05. The third-order valence-electron chi connectivity index (χ3n) is 3.39. The summed E-state index contributed by atoms with van der Waals surface area (Å²) in [6, 6.07) is 14.1. The lowest BCUT2D eigenvalue weighted by Crippen LogP contribution is -2.18. The molecule has 0 atom stereocenters. The highest BCUT2D eigenvalue weighted by atomic mass is 16.3. The number of hydrazone groups is 1. The Hall–Kier alpha value is -3.21. The van der Waals surface area contributed by atoms with Crippen LogP contribution in [0, 0.1) is 6.92 Å². The Bertz CT molecular complexity index is 940. The number of nitrogens with zero attached hydrogens (tertiary/aromatic N) is 1. The van der Waals surface area contributed by atoms with Crippen LogP contribution in [-0.4, -0.2) is 12.1 Å². The van der Waals surface area contributed by atoms with Gasteiger partial charge < -0.3 is 4.42 Å². The van der Waals surface area contributed by atoms with E-state index in [1.165, 1.54) is 12.5 Å². The van der Waals surface area contributed by atoms with E-state index >= 15 is 0 Å². The van der Waals surface area contributed by atoms with E-state index in [2.05, 4.69) is 10.5 Å². The van der Waals surface area contributed by atoms with Crippen LogP contribution in [0.25, 0.3) is 11.0 Å². The third kappa shape index (κ3) is 3.18. The number of fused-ring (bicyclic) bond motifs is 1. The van der Waals surface area contributed by atoms with Crippen LogP contribution in [0.1, 0.15) is 21.5 Å². The first-order valence-electron chi connectivity index (χ1n) is 7.06. The molecule has 1 heterocycles. The average molecular weight is 306 g/mol. The van der Waals surface area contributed by atoms with Crippen molar-refractivity contribution in [2.75, 3.05) is 0 Å². The van der Waals surface area contributed by atoms with Crippen molar-refractivity contribution in [1.82, 2.24) is 5.43 Å². The number of hydrogen-bond acceptors (Lipinski definition) is 4. The van der Waals surface area contributed by atoms with E-state index < -0.39 is 0 Å². The minimum Gasteiger partial charge on any atom is -0.463 e. The van der Waals surface area contributed by atoms with Gasteiger partial charge in [0.1, 0.15) is 11.8 Å². The second-order valence-electron chi connectivity index (χ2n) is 5.08. The zero-order valence-electron chi connectivity index (χ0n) is 12.4. The molecule has 3 aromatic rings. The van der Waals surface area contributed by atoms with Crippen molar-refractivity contribution >= 4 is 23.1 Å². The quantitative estimate of drug-likeness (QED) is 0.597. The van der Waals surface area contributed by atoms with Gasteiger partial charge in [-0.15, -0.1) is 0 Å². The van der Waals surface area contributed by atoms with Gasteiger partial charge in [0, 0.05) is 5.56 Å². The number of hydrogen-bond donors (Lipinski definition) is 1. The molecule has 0 aliphatic heterocycles. The Labute approximate surface area is 132 Å². The van der Waals surface area contributed by atoms with Gasteiger partial charge in [-0.2, -0.15) is 5.10 Å². The van der Waals surface area contributed by atoms with E-state index in [0.29, 0.717) is 16.5 Å². The Morgan fingerprint density at radius 2 is 1.87 bits per heavy atom. The van der Waals surface area contributed by atoms with Gasteiger partial charge in [-0.3, -0.25) is 9.59 Å². The molecule has 0 bridgehead atoms. The van der Waals surface area contributed by atoms with Crippen LogP contribution in [0.2, 0.25) is 0 Å². The summed E-state index contributed by atoms with van der Waals surface area (Å²) < 4.78 is 5.37. The van der Waals surface area contributed by atoms with E-state index in [0.717, 1.165) is 5.56 Å². The van der Waals surface area contributed by atoms with Crippen LogP contribution in [0.4, 0.5) is 0 Å². The summed E-state index contributed by atoms with van der Waals surface area (Å²) in [6.45, 7) is 1.94. The van der Waals surface area contributed by atoms with Gasteiger partial charge >= 0.3 is 0 Å². The lowest BCUT2D eigenvalue weighted by Gasteiger charge is -2.00. The van der Waals surface area contributed by atoms with Crippen LogP contribution in [-0.2, 0) is 0 Å². The molecular weight excluding hydrogens is 292 g/mol.